The van der Waals surface area contributed by atoms with Crippen molar-refractivity contribution in [1.82, 2.24) is 0 Å². The molecule has 0 saturated carbocycles. The van der Waals surface area contributed by atoms with Crippen LogP contribution in [-0.2, 0) is 0 Å². The van der Waals surface area contributed by atoms with E-state index in [0.717, 1.165) is 7.14 Å². The minimum Gasteiger partial charge on any atom is -0.397 e. The first-order chi connectivity index (χ1) is 5.04. The summed E-state index contributed by atoms with van der Waals surface area (Å²) in [6.45, 7) is 0. The van der Waals surface area contributed by atoms with Crippen LogP contribution in [0.2, 0.25) is 0 Å². The number of hydrogen-bond acceptors (Lipinski definition) is 1. The van der Waals surface area contributed by atoms with E-state index in [1.165, 1.54) is 6.07 Å². The lowest BCUT2D eigenvalue weighted by Crippen LogP contribution is -1.96. The second kappa shape index (κ2) is 3.73. The Kier molecular flexibility index (Phi) is 3.39. The van der Waals surface area contributed by atoms with Crippen molar-refractivity contribution < 1.29 is 4.39 Å². The van der Waals surface area contributed by atoms with Gasteiger partial charge in [-0.05, 0) is 67.2 Å². The highest BCUT2D eigenvalue weighted by atomic mass is 127. The summed E-state index contributed by atoms with van der Waals surface area (Å²) in [5.41, 5.74) is 6.26. The van der Waals surface area contributed by atoms with E-state index >= 15 is 0 Å². The van der Waals surface area contributed by atoms with Crippen molar-refractivity contribution in [2.75, 3.05) is 5.73 Å². The van der Waals surface area contributed by atoms with Crippen molar-refractivity contribution in [2.45, 2.75) is 0 Å². The molecule has 0 unspecified atom stereocenters. The predicted octanol–water partition coefficient (Wildman–Crippen LogP) is 3.38. The first kappa shape index (κ1) is 9.97. The molecule has 0 radical (unpaired) electrons. The molecule has 1 rings (SSSR count). The maximum Gasteiger partial charge on any atom is 0.139 e. The summed E-state index contributed by atoms with van der Waals surface area (Å²) >= 11 is 7.10. The molecule has 0 atom stereocenters. The zero-order valence-electron chi connectivity index (χ0n) is 5.17. The Morgan fingerprint density at radius 3 is 2.55 bits per heavy atom. The Bertz CT molecular complexity index is 277. The molecular weight excluding hydrogens is 439 g/mol. The largest absolute Gasteiger partial charge is 0.397 e. The highest BCUT2D eigenvalue weighted by Gasteiger charge is 2.09. The molecule has 11 heavy (non-hydrogen) atoms. The number of nitrogen functional groups attached to an aromatic ring is 1. The van der Waals surface area contributed by atoms with Crippen LogP contribution in [0, 0.1) is 13.0 Å². The van der Waals surface area contributed by atoms with Crippen LogP contribution in [0.5, 0.6) is 0 Å². The molecule has 0 saturated heterocycles. The summed E-state index contributed by atoms with van der Waals surface area (Å²) in [6.07, 6.45) is 0. The third kappa shape index (κ3) is 1.97. The molecule has 0 aliphatic rings. The number of nitrogens with two attached hydrogens (primary N) is 1. The molecule has 5 heteroatoms. The minimum atomic E-state index is -0.270. The lowest BCUT2D eigenvalue weighted by molar-refractivity contribution is 0.619. The van der Waals surface area contributed by atoms with Crippen molar-refractivity contribution in [3.05, 3.63) is 23.5 Å². The van der Waals surface area contributed by atoms with E-state index in [2.05, 4.69) is 15.9 Å². The van der Waals surface area contributed by atoms with Gasteiger partial charge in [0, 0.05) is 3.57 Å². The minimum absolute atomic E-state index is 0.270. The first-order valence-electron chi connectivity index (χ1n) is 2.62. The molecule has 0 amide bonds. The molecule has 2 N–H and O–H groups in total. The molecule has 0 aliphatic carbocycles. The molecule has 0 bridgehead atoms. The molecule has 60 valence electrons. The van der Waals surface area contributed by atoms with Gasteiger partial charge in [0.05, 0.1) is 13.7 Å². The van der Waals surface area contributed by atoms with Crippen molar-refractivity contribution >= 4 is 66.8 Å². The van der Waals surface area contributed by atoms with Crippen LogP contribution in [0.4, 0.5) is 10.1 Å². The van der Waals surface area contributed by atoms with Gasteiger partial charge < -0.3 is 5.73 Å². The van der Waals surface area contributed by atoms with Gasteiger partial charge in [0.1, 0.15) is 5.82 Å². The van der Waals surface area contributed by atoms with Gasteiger partial charge in [0.2, 0.25) is 0 Å². The summed E-state index contributed by atoms with van der Waals surface area (Å²) in [6, 6.07) is 1.40. The van der Waals surface area contributed by atoms with Crippen LogP contribution < -0.4 is 5.73 Å². The number of hydrogen-bond donors (Lipinski definition) is 1. The smallest absolute Gasteiger partial charge is 0.139 e. The van der Waals surface area contributed by atoms with Gasteiger partial charge in [-0.1, -0.05) is 0 Å². The van der Waals surface area contributed by atoms with Gasteiger partial charge in [-0.2, -0.15) is 0 Å². The Morgan fingerprint density at radius 1 is 1.45 bits per heavy atom. The Hall–Kier alpha value is 0.890. The van der Waals surface area contributed by atoms with Gasteiger partial charge in [0.25, 0.3) is 0 Å². The van der Waals surface area contributed by atoms with Crippen molar-refractivity contribution in [2.24, 2.45) is 0 Å². The summed E-state index contributed by atoms with van der Waals surface area (Å²) in [7, 11) is 0. The normalized spacial score (nSPS) is 10.2. The van der Waals surface area contributed by atoms with E-state index in [9.17, 15) is 4.39 Å². The number of benzene rings is 1. The van der Waals surface area contributed by atoms with Crippen LogP contribution in [0.1, 0.15) is 0 Å². The third-order valence-electron chi connectivity index (χ3n) is 1.15. The standard InChI is InChI=1S/C6H3BrFI2N/c7-4-2(8)1-3(9)6(11)5(4)10/h1H,11H2. The number of anilines is 1. The van der Waals surface area contributed by atoms with E-state index in [4.69, 9.17) is 5.73 Å². The molecule has 0 spiro atoms. The molecule has 0 fully saturated rings. The van der Waals surface area contributed by atoms with Gasteiger partial charge >= 0.3 is 0 Å². The predicted molar refractivity (Wildman–Crippen MR) is 63.9 cm³/mol. The maximum absolute atomic E-state index is 12.9. The van der Waals surface area contributed by atoms with Crippen LogP contribution in [0.25, 0.3) is 0 Å². The van der Waals surface area contributed by atoms with Crippen LogP contribution >= 0.6 is 61.1 Å². The second-order valence-corrected chi connectivity index (χ2v) is 4.92. The second-order valence-electron chi connectivity index (χ2n) is 1.88. The van der Waals surface area contributed by atoms with Crippen LogP contribution in [0.3, 0.4) is 0 Å². The molecule has 0 aromatic heterocycles. The monoisotopic (exact) mass is 441 g/mol. The van der Waals surface area contributed by atoms with Crippen LogP contribution in [-0.4, -0.2) is 0 Å². The van der Waals surface area contributed by atoms with E-state index < -0.39 is 0 Å². The Balaban J connectivity index is 3.46. The summed E-state index contributed by atoms with van der Waals surface area (Å²) in [5.74, 6) is -0.270. The number of halogens is 4. The zero-order valence-corrected chi connectivity index (χ0v) is 11.1. The molecule has 1 nitrogen and oxygen atoms in total. The Morgan fingerprint density at radius 2 is 2.00 bits per heavy atom. The van der Waals surface area contributed by atoms with Crippen molar-refractivity contribution in [3.63, 3.8) is 0 Å². The molecule has 1 aromatic rings. The topological polar surface area (TPSA) is 26.0 Å². The van der Waals surface area contributed by atoms with Crippen molar-refractivity contribution in [1.29, 1.82) is 0 Å². The van der Waals surface area contributed by atoms with Crippen LogP contribution in [0.15, 0.2) is 10.5 Å². The summed E-state index contributed by atoms with van der Waals surface area (Å²) in [4.78, 5) is 0. The van der Waals surface area contributed by atoms with Gasteiger partial charge in [-0.25, -0.2) is 4.39 Å². The van der Waals surface area contributed by atoms with E-state index in [-0.39, 0.29) is 5.82 Å². The first-order valence-corrected chi connectivity index (χ1v) is 5.57. The van der Waals surface area contributed by atoms with Gasteiger partial charge in [0.15, 0.2) is 0 Å². The number of rotatable bonds is 0. The molecule has 0 aliphatic heterocycles. The summed E-state index contributed by atoms with van der Waals surface area (Å²) in [5, 5.41) is 0. The highest BCUT2D eigenvalue weighted by molar-refractivity contribution is 14.1. The van der Waals surface area contributed by atoms with E-state index in [1.807, 2.05) is 45.2 Å². The van der Waals surface area contributed by atoms with Gasteiger partial charge in [-0.15, -0.1) is 0 Å². The molecular formula is C6H3BrFI2N. The van der Waals surface area contributed by atoms with Gasteiger partial charge in [-0.3, -0.25) is 0 Å². The fraction of sp³-hybridized carbons (Fsp3) is 0. The maximum atomic E-state index is 12.9. The SMILES string of the molecule is Nc1c(I)cc(F)c(Br)c1I. The average Bonchev–Trinajstić information content (AvgIpc) is 1.97. The fourth-order valence-corrected chi connectivity index (χ4v) is 2.52. The van der Waals surface area contributed by atoms with E-state index in [0.29, 0.717) is 10.2 Å². The van der Waals surface area contributed by atoms with Crippen molar-refractivity contribution in [3.8, 4) is 0 Å². The Labute approximate surface area is 99.3 Å². The fourth-order valence-electron chi connectivity index (χ4n) is 0.580. The third-order valence-corrected chi connectivity index (χ3v) is 4.68. The molecule has 0 heterocycles. The summed E-state index contributed by atoms with van der Waals surface area (Å²) < 4.78 is 14.8. The van der Waals surface area contributed by atoms with E-state index in [1.54, 1.807) is 0 Å². The quantitative estimate of drug-likeness (QED) is 0.284. The highest BCUT2D eigenvalue weighted by Crippen LogP contribution is 2.30. The lowest BCUT2D eigenvalue weighted by atomic mass is 10.3. The lowest BCUT2D eigenvalue weighted by Gasteiger charge is -2.04. The average molecular weight is 442 g/mol. The zero-order chi connectivity index (χ0) is 8.59. The molecule has 1 aromatic carbocycles.